The quantitative estimate of drug-likeness (QED) is 0.298. The highest BCUT2D eigenvalue weighted by molar-refractivity contribution is 5.73. The van der Waals surface area contributed by atoms with E-state index in [4.69, 9.17) is 25.5 Å². The van der Waals surface area contributed by atoms with Gasteiger partial charge in [-0.3, -0.25) is 0 Å². The Hall–Kier alpha value is -0.730. The van der Waals surface area contributed by atoms with Crippen LogP contribution in [0.3, 0.4) is 0 Å². The van der Waals surface area contributed by atoms with Gasteiger partial charge in [-0.25, -0.2) is 4.79 Å². The van der Waals surface area contributed by atoms with E-state index in [0.717, 1.165) is 0 Å². The summed E-state index contributed by atoms with van der Waals surface area (Å²) in [6, 6.07) is 0. The summed E-state index contributed by atoms with van der Waals surface area (Å²) >= 11 is 0. The van der Waals surface area contributed by atoms with Crippen LogP contribution in [-0.4, -0.2) is 62.2 Å². The van der Waals surface area contributed by atoms with Gasteiger partial charge in [-0.05, 0) is 0 Å². The predicted octanol–water partition coefficient (Wildman–Crippen LogP) is -3.13. The summed E-state index contributed by atoms with van der Waals surface area (Å²) in [5.74, 6) is -1.52. The van der Waals surface area contributed by atoms with Crippen molar-refractivity contribution in [2.45, 2.75) is 30.7 Å². The average molecular weight is 194 g/mol. The number of hydrogen-bond donors (Lipinski definition) is 5. The largest absolute Gasteiger partial charge is 0.479 e. The fourth-order valence-corrected chi connectivity index (χ4v) is 1.07. The van der Waals surface area contributed by atoms with Crippen LogP contribution in [0.4, 0.5) is 0 Å². The lowest BCUT2D eigenvalue weighted by Gasteiger charge is -2.36. The van der Waals surface area contributed by atoms with Gasteiger partial charge in [0.2, 0.25) is 0 Å². The highest BCUT2D eigenvalue weighted by Gasteiger charge is 2.46. The molecule has 1 aliphatic heterocycles. The first-order chi connectivity index (χ1) is 5.95. The molecule has 0 aromatic rings. The summed E-state index contributed by atoms with van der Waals surface area (Å²) in [6.07, 6.45) is -8.72. The first kappa shape index (κ1) is 10.4. The molecule has 7 heteroatoms. The summed E-state index contributed by atoms with van der Waals surface area (Å²) in [7, 11) is 0. The Morgan fingerprint density at radius 2 is 1.54 bits per heavy atom. The monoisotopic (exact) mass is 194 g/mol. The van der Waals surface area contributed by atoms with Crippen molar-refractivity contribution in [3.8, 4) is 0 Å². The van der Waals surface area contributed by atoms with Gasteiger partial charge >= 0.3 is 5.97 Å². The number of carboxylic acids is 1. The predicted molar refractivity (Wildman–Crippen MR) is 36.5 cm³/mol. The molecule has 0 aliphatic carbocycles. The Kier molecular flexibility index (Phi) is 2.84. The standard InChI is InChI=1S/C6H10O7/c7-1-2(8)4(5(10)11)13-6(12)3(1)9/h1-4,6-9,12H,(H,10,11)/t1?,2-,3+,4?,6+/m1/s1. The lowest BCUT2D eigenvalue weighted by Crippen LogP contribution is -2.59. The lowest BCUT2D eigenvalue weighted by atomic mass is 9.99. The van der Waals surface area contributed by atoms with Crippen LogP contribution in [-0.2, 0) is 9.53 Å². The number of carbonyl (C=O) groups is 1. The van der Waals surface area contributed by atoms with Crippen molar-refractivity contribution in [1.29, 1.82) is 0 Å². The molecule has 0 aromatic heterocycles. The molecule has 0 amide bonds. The number of aliphatic hydroxyl groups is 4. The molecule has 0 bridgehead atoms. The van der Waals surface area contributed by atoms with Gasteiger partial charge in [-0.2, -0.15) is 0 Å². The summed E-state index contributed by atoms with van der Waals surface area (Å²) in [5, 5.41) is 44.4. The second kappa shape index (κ2) is 3.56. The van der Waals surface area contributed by atoms with Crippen LogP contribution in [0.25, 0.3) is 0 Å². The number of carboxylic acid groups (broad SMARTS) is 1. The third kappa shape index (κ3) is 1.79. The van der Waals surface area contributed by atoms with Crippen LogP contribution in [0.2, 0.25) is 0 Å². The Morgan fingerprint density at radius 1 is 1.00 bits per heavy atom. The number of aliphatic hydroxyl groups excluding tert-OH is 4. The molecule has 1 rings (SSSR count). The third-order valence-electron chi connectivity index (χ3n) is 1.83. The van der Waals surface area contributed by atoms with E-state index in [0.29, 0.717) is 0 Å². The Bertz CT molecular complexity index is 205. The van der Waals surface area contributed by atoms with Crippen molar-refractivity contribution in [3.63, 3.8) is 0 Å². The van der Waals surface area contributed by atoms with Gasteiger partial charge in [0.15, 0.2) is 12.4 Å². The minimum absolute atomic E-state index is 1.52. The van der Waals surface area contributed by atoms with Crippen molar-refractivity contribution in [2.75, 3.05) is 0 Å². The second-order valence-corrected chi connectivity index (χ2v) is 2.76. The minimum atomic E-state index is -1.81. The van der Waals surface area contributed by atoms with Gasteiger partial charge in [-0.1, -0.05) is 0 Å². The number of ether oxygens (including phenoxy) is 1. The molecular weight excluding hydrogens is 184 g/mol. The Balaban J connectivity index is 2.76. The van der Waals surface area contributed by atoms with Gasteiger partial charge in [0.05, 0.1) is 0 Å². The summed E-state index contributed by atoms with van der Waals surface area (Å²) in [6.45, 7) is 0. The van der Waals surface area contributed by atoms with Crippen molar-refractivity contribution in [3.05, 3.63) is 0 Å². The van der Waals surface area contributed by atoms with Gasteiger partial charge in [-0.15, -0.1) is 0 Å². The summed E-state index contributed by atoms with van der Waals surface area (Å²) in [4.78, 5) is 10.4. The zero-order valence-corrected chi connectivity index (χ0v) is 6.44. The molecule has 1 heterocycles. The molecule has 1 fully saturated rings. The van der Waals surface area contributed by atoms with Gasteiger partial charge in [0.25, 0.3) is 0 Å². The van der Waals surface area contributed by atoms with E-state index in [9.17, 15) is 4.79 Å². The Labute approximate surface area is 72.8 Å². The molecule has 1 saturated heterocycles. The van der Waals surface area contributed by atoms with Gasteiger partial charge in [0.1, 0.15) is 18.3 Å². The fraction of sp³-hybridized carbons (Fsp3) is 0.833. The number of aliphatic carboxylic acids is 1. The van der Waals surface area contributed by atoms with E-state index in [1.165, 1.54) is 0 Å². The van der Waals surface area contributed by atoms with Gasteiger partial charge in [0, 0.05) is 0 Å². The molecule has 7 nitrogen and oxygen atoms in total. The van der Waals surface area contributed by atoms with E-state index < -0.39 is 36.7 Å². The first-order valence-electron chi connectivity index (χ1n) is 3.55. The second-order valence-electron chi connectivity index (χ2n) is 2.76. The molecule has 0 spiro atoms. The Morgan fingerprint density at radius 3 is 2.00 bits per heavy atom. The zero-order chi connectivity index (χ0) is 10.2. The SMILES string of the molecule is O=C(O)C1O[C@H](O)[C@@H](O)C(O)[C@H]1O. The molecular formula is C6H10O7. The molecule has 5 atom stereocenters. The van der Waals surface area contributed by atoms with Crippen LogP contribution in [0.15, 0.2) is 0 Å². The first-order valence-corrected chi connectivity index (χ1v) is 3.55. The lowest BCUT2D eigenvalue weighted by molar-refractivity contribution is -0.279. The molecule has 76 valence electrons. The normalized spacial score (nSPS) is 46.0. The van der Waals surface area contributed by atoms with Crippen LogP contribution in [0.5, 0.6) is 0 Å². The van der Waals surface area contributed by atoms with Crippen LogP contribution in [0.1, 0.15) is 0 Å². The fourth-order valence-electron chi connectivity index (χ4n) is 1.07. The van der Waals surface area contributed by atoms with E-state index in [1.807, 2.05) is 0 Å². The van der Waals surface area contributed by atoms with E-state index >= 15 is 0 Å². The van der Waals surface area contributed by atoms with E-state index in [2.05, 4.69) is 4.74 Å². The van der Waals surface area contributed by atoms with Crippen molar-refractivity contribution >= 4 is 5.97 Å². The molecule has 5 N–H and O–H groups in total. The van der Waals surface area contributed by atoms with Crippen molar-refractivity contribution in [1.82, 2.24) is 0 Å². The van der Waals surface area contributed by atoms with Crippen LogP contribution in [0, 0.1) is 0 Å². The van der Waals surface area contributed by atoms with Gasteiger partial charge < -0.3 is 30.3 Å². The smallest absolute Gasteiger partial charge is 0.335 e. The van der Waals surface area contributed by atoms with Crippen LogP contribution < -0.4 is 0 Å². The maximum absolute atomic E-state index is 10.4. The minimum Gasteiger partial charge on any atom is -0.479 e. The topological polar surface area (TPSA) is 127 Å². The number of hydrogen-bond acceptors (Lipinski definition) is 6. The zero-order valence-electron chi connectivity index (χ0n) is 6.44. The molecule has 0 radical (unpaired) electrons. The molecule has 2 unspecified atom stereocenters. The summed E-state index contributed by atoms with van der Waals surface area (Å²) < 4.78 is 4.34. The molecule has 0 aromatic carbocycles. The van der Waals surface area contributed by atoms with E-state index in [1.54, 1.807) is 0 Å². The molecule has 0 saturated carbocycles. The molecule has 1 aliphatic rings. The maximum atomic E-state index is 10.4. The van der Waals surface area contributed by atoms with E-state index in [-0.39, 0.29) is 0 Å². The van der Waals surface area contributed by atoms with Crippen LogP contribution >= 0.6 is 0 Å². The van der Waals surface area contributed by atoms with Crippen molar-refractivity contribution in [2.24, 2.45) is 0 Å². The highest BCUT2D eigenvalue weighted by atomic mass is 16.6. The molecule has 13 heavy (non-hydrogen) atoms. The highest BCUT2D eigenvalue weighted by Crippen LogP contribution is 2.19. The summed E-state index contributed by atoms with van der Waals surface area (Å²) in [5.41, 5.74) is 0. The number of rotatable bonds is 1. The average Bonchev–Trinajstić information content (AvgIpc) is 2.07. The van der Waals surface area contributed by atoms with Crippen molar-refractivity contribution < 1.29 is 35.1 Å². The third-order valence-corrected chi connectivity index (χ3v) is 1.83. The maximum Gasteiger partial charge on any atom is 0.335 e.